The van der Waals surface area contributed by atoms with Gasteiger partial charge in [-0.05, 0) is 30.7 Å². The number of rotatable bonds is 3. The maximum absolute atomic E-state index is 5.62. The lowest BCUT2D eigenvalue weighted by molar-refractivity contribution is 0.171. The lowest BCUT2D eigenvalue weighted by atomic mass is 10.1. The van der Waals surface area contributed by atoms with Gasteiger partial charge in [-0.3, -0.25) is 0 Å². The van der Waals surface area contributed by atoms with E-state index in [1.807, 2.05) is 24.3 Å². The molecule has 4 heteroatoms. The van der Waals surface area contributed by atoms with Crippen LogP contribution in [0.1, 0.15) is 16.1 Å². The Labute approximate surface area is 145 Å². The van der Waals surface area contributed by atoms with Crippen LogP contribution in [0.25, 0.3) is 23.4 Å². The zero-order chi connectivity index (χ0) is 16.4. The maximum Gasteiger partial charge on any atom is 0.161 e. The third kappa shape index (κ3) is 3.19. The van der Waals surface area contributed by atoms with E-state index in [0.717, 1.165) is 33.3 Å². The Morgan fingerprint density at radius 2 is 1.75 bits per heavy atom. The number of nitrogens with zero attached hydrogens (tertiary/aromatic N) is 1. The van der Waals surface area contributed by atoms with Crippen LogP contribution >= 0.6 is 11.3 Å². The van der Waals surface area contributed by atoms with Gasteiger partial charge in [0, 0.05) is 10.9 Å². The average molecular weight is 335 g/mol. The SMILES string of the molecule is Cc1ccc(-c2csc(/C=C/c3ccc4c(c3)OCCO4)n2)cc1. The van der Waals surface area contributed by atoms with Crippen molar-refractivity contribution in [1.82, 2.24) is 4.98 Å². The molecule has 120 valence electrons. The molecule has 1 aliphatic rings. The molecule has 3 nitrogen and oxygen atoms in total. The minimum atomic E-state index is 0.604. The quantitative estimate of drug-likeness (QED) is 0.670. The van der Waals surface area contributed by atoms with Crippen molar-refractivity contribution < 1.29 is 9.47 Å². The molecular weight excluding hydrogens is 318 g/mol. The Kier molecular flexibility index (Phi) is 4.05. The first-order valence-electron chi connectivity index (χ1n) is 7.88. The van der Waals surface area contributed by atoms with Crippen molar-refractivity contribution in [2.45, 2.75) is 6.92 Å². The minimum Gasteiger partial charge on any atom is -0.486 e. The topological polar surface area (TPSA) is 31.4 Å². The van der Waals surface area contributed by atoms with Crippen molar-refractivity contribution in [3.8, 4) is 22.8 Å². The molecule has 1 aliphatic heterocycles. The van der Waals surface area contributed by atoms with Crippen LogP contribution in [0.3, 0.4) is 0 Å². The molecule has 0 saturated heterocycles. The lowest BCUT2D eigenvalue weighted by Crippen LogP contribution is -2.15. The van der Waals surface area contributed by atoms with E-state index in [2.05, 4.69) is 47.6 Å². The molecule has 0 bridgehead atoms. The number of hydrogen-bond acceptors (Lipinski definition) is 4. The molecule has 0 spiro atoms. The van der Waals surface area contributed by atoms with Crippen molar-refractivity contribution in [3.05, 3.63) is 64.0 Å². The van der Waals surface area contributed by atoms with Crippen LogP contribution in [-0.2, 0) is 0 Å². The molecule has 24 heavy (non-hydrogen) atoms. The van der Waals surface area contributed by atoms with Crippen molar-refractivity contribution in [1.29, 1.82) is 0 Å². The van der Waals surface area contributed by atoms with Gasteiger partial charge in [0.2, 0.25) is 0 Å². The zero-order valence-corrected chi connectivity index (χ0v) is 14.2. The van der Waals surface area contributed by atoms with Crippen molar-refractivity contribution in [2.75, 3.05) is 13.2 Å². The Morgan fingerprint density at radius 1 is 0.958 bits per heavy atom. The number of thiazole rings is 1. The molecule has 2 aromatic carbocycles. The highest BCUT2D eigenvalue weighted by molar-refractivity contribution is 7.10. The minimum absolute atomic E-state index is 0.604. The van der Waals surface area contributed by atoms with E-state index < -0.39 is 0 Å². The summed E-state index contributed by atoms with van der Waals surface area (Å²) in [5.74, 6) is 1.62. The fourth-order valence-corrected chi connectivity index (χ4v) is 3.27. The van der Waals surface area contributed by atoms with Gasteiger partial charge in [-0.1, -0.05) is 42.0 Å². The van der Waals surface area contributed by atoms with Crippen LogP contribution in [0.15, 0.2) is 47.8 Å². The summed E-state index contributed by atoms with van der Waals surface area (Å²) in [6, 6.07) is 14.4. The molecule has 0 saturated carbocycles. The first-order chi connectivity index (χ1) is 11.8. The summed E-state index contributed by atoms with van der Waals surface area (Å²) in [7, 11) is 0. The third-order valence-electron chi connectivity index (χ3n) is 3.85. The molecule has 1 aromatic heterocycles. The number of aryl methyl sites for hydroxylation is 1. The van der Waals surface area contributed by atoms with E-state index in [4.69, 9.17) is 9.47 Å². The van der Waals surface area contributed by atoms with Gasteiger partial charge in [-0.25, -0.2) is 4.98 Å². The normalized spacial score (nSPS) is 13.4. The summed E-state index contributed by atoms with van der Waals surface area (Å²) >= 11 is 1.64. The van der Waals surface area contributed by atoms with Crippen LogP contribution in [0.2, 0.25) is 0 Å². The van der Waals surface area contributed by atoms with Crippen LogP contribution in [0, 0.1) is 6.92 Å². The largest absolute Gasteiger partial charge is 0.486 e. The molecule has 0 aliphatic carbocycles. The molecule has 0 unspecified atom stereocenters. The Hall–Kier alpha value is -2.59. The molecule has 2 heterocycles. The van der Waals surface area contributed by atoms with E-state index in [9.17, 15) is 0 Å². The van der Waals surface area contributed by atoms with E-state index in [1.165, 1.54) is 5.56 Å². The fourth-order valence-electron chi connectivity index (χ4n) is 2.55. The number of aromatic nitrogens is 1. The van der Waals surface area contributed by atoms with E-state index in [-0.39, 0.29) is 0 Å². The monoisotopic (exact) mass is 335 g/mol. The van der Waals surface area contributed by atoms with Crippen LogP contribution in [0.4, 0.5) is 0 Å². The Morgan fingerprint density at radius 3 is 2.58 bits per heavy atom. The molecule has 0 fully saturated rings. The standard InChI is InChI=1S/C20H17NO2S/c1-14-2-6-16(7-3-14)17-13-24-20(21-17)9-5-15-4-8-18-19(12-15)23-11-10-22-18/h2-9,12-13H,10-11H2,1H3/b9-5+. The summed E-state index contributed by atoms with van der Waals surface area (Å²) in [6.45, 7) is 3.31. The smallest absolute Gasteiger partial charge is 0.161 e. The average Bonchev–Trinajstić information content (AvgIpc) is 3.09. The predicted molar refractivity (Wildman–Crippen MR) is 98.6 cm³/mol. The van der Waals surface area contributed by atoms with E-state index >= 15 is 0 Å². The van der Waals surface area contributed by atoms with Gasteiger partial charge in [0.1, 0.15) is 18.2 Å². The molecule has 0 amide bonds. The van der Waals surface area contributed by atoms with Gasteiger partial charge >= 0.3 is 0 Å². The molecular formula is C20H17NO2S. The van der Waals surface area contributed by atoms with Gasteiger partial charge in [0.25, 0.3) is 0 Å². The van der Waals surface area contributed by atoms with Crippen LogP contribution in [0.5, 0.6) is 11.5 Å². The molecule has 0 atom stereocenters. The van der Waals surface area contributed by atoms with E-state index in [1.54, 1.807) is 11.3 Å². The highest BCUT2D eigenvalue weighted by Crippen LogP contribution is 2.31. The number of hydrogen-bond donors (Lipinski definition) is 0. The van der Waals surface area contributed by atoms with Gasteiger partial charge in [-0.15, -0.1) is 11.3 Å². The number of fused-ring (bicyclic) bond motifs is 1. The number of ether oxygens (including phenoxy) is 2. The first kappa shape index (κ1) is 15.0. The summed E-state index contributed by atoms with van der Waals surface area (Å²) in [5, 5.41) is 3.08. The summed E-state index contributed by atoms with van der Waals surface area (Å²) in [4.78, 5) is 4.69. The maximum atomic E-state index is 5.62. The van der Waals surface area contributed by atoms with Crippen molar-refractivity contribution >= 4 is 23.5 Å². The lowest BCUT2D eigenvalue weighted by Gasteiger charge is -2.18. The second kappa shape index (κ2) is 6.49. The Bertz CT molecular complexity index is 881. The first-order valence-corrected chi connectivity index (χ1v) is 8.76. The third-order valence-corrected chi connectivity index (χ3v) is 4.66. The highest BCUT2D eigenvalue weighted by atomic mass is 32.1. The second-order valence-corrected chi connectivity index (χ2v) is 6.56. The molecule has 3 aromatic rings. The molecule has 0 radical (unpaired) electrons. The van der Waals surface area contributed by atoms with Gasteiger partial charge < -0.3 is 9.47 Å². The summed E-state index contributed by atoms with van der Waals surface area (Å²) in [5.41, 5.74) is 4.50. The molecule has 4 rings (SSSR count). The van der Waals surface area contributed by atoms with Crippen molar-refractivity contribution in [2.24, 2.45) is 0 Å². The van der Waals surface area contributed by atoms with E-state index in [0.29, 0.717) is 13.2 Å². The second-order valence-electron chi connectivity index (χ2n) is 5.67. The summed E-state index contributed by atoms with van der Waals surface area (Å²) < 4.78 is 11.2. The Balaban J connectivity index is 1.53. The van der Waals surface area contributed by atoms with Crippen LogP contribution < -0.4 is 9.47 Å². The van der Waals surface area contributed by atoms with Crippen LogP contribution in [-0.4, -0.2) is 18.2 Å². The highest BCUT2D eigenvalue weighted by Gasteiger charge is 2.10. The predicted octanol–water partition coefficient (Wildman–Crippen LogP) is 5.06. The molecule has 0 N–H and O–H groups in total. The van der Waals surface area contributed by atoms with Gasteiger partial charge in [-0.2, -0.15) is 0 Å². The number of benzene rings is 2. The zero-order valence-electron chi connectivity index (χ0n) is 13.4. The van der Waals surface area contributed by atoms with Gasteiger partial charge in [0.15, 0.2) is 11.5 Å². The van der Waals surface area contributed by atoms with Gasteiger partial charge in [0.05, 0.1) is 5.69 Å². The fraction of sp³-hybridized carbons (Fsp3) is 0.150. The summed E-state index contributed by atoms with van der Waals surface area (Å²) in [6.07, 6.45) is 4.09. The van der Waals surface area contributed by atoms with Crippen molar-refractivity contribution in [3.63, 3.8) is 0 Å².